The molecule has 18 heavy (non-hydrogen) atoms. The fourth-order valence-corrected chi connectivity index (χ4v) is 2.57. The van der Waals surface area contributed by atoms with Crippen LogP contribution in [0.25, 0.3) is 0 Å². The summed E-state index contributed by atoms with van der Waals surface area (Å²) < 4.78 is 23.2. The molecule has 0 aliphatic carbocycles. The highest BCUT2D eigenvalue weighted by atomic mass is 32.2. The lowest BCUT2D eigenvalue weighted by Gasteiger charge is -2.11. The number of aliphatic hydroxyl groups excluding tert-OH is 1. The van der Waals surface area contributed by atoms with Crippen molar-refractivity contribution in [3.8, 4) is 0 Å². The van der Waals surface area contributed by atoms with Crippen molar-refractivity contribution >= 4 is 9.84 Å². The molecule has 0 aromatic heterocycles. The fourth-order valence-electron chi connectivity index (χ4n) is 1.68. The van der Waals surface area contributed by atoms with Gasteiger partial charge < -0.3 is 10.8 Å². The molecule has 102 valence electrons. The highest BCUT2D eigenvalue weighted by Crippen LogP contribution is 2.14. The van der Waals surface area contributed by atoms with Crippen molar-refractivity contribution in [3.63, 3.8) is 0 Å². The molecule has 0 radical (unpaired) electrons. The van der Waals surface area contributed by atoms with Crippen molar-refractivity contribution in [2.24, 2.45) is 11.7 Å². The lowest BCUT2D eigenvalue weighted by atomic mass is 10.0. The summed E-state index contributed by atoms with van der Waals surface area (Å²) in [4.78, 5) is 0.367. The van der Waals surface area contributed by atoms with Gasteiger partial charge in [0.25, 0.3) is 0 Å². The molecule has 3 N–H and O–H groups in total. The second-order valence-corrected chi connectivity index (χ2v) is 6.65. The number of hydrogen-bond acceptors (Lipinski definition) is 4. The minimum Gasteiger partial charge on any atom is -0.396 e. The Kier molecular flexibility index (Phi) is 5.78. The van der Waals surface area contributed by atoms with E-state index in [0.717, 1.165) is 18.4 Å². The van der Waals surface area contributed by atoms with Gasteiger partial charge >= 0.3 is 0 Å². The Morgan fingerprint density at radius 1 is 1.28 bits per heavy atom. The average molecular weight is 271 g/mol. The molecule has 1 aromatic carbocycles. The van der Waals surface area contributed by atoms with E-state index in [1.807, 2.05) is 12.1 Å². The van der Waals surface area contributed by atoms with Crippen LogP contribution >= 0.6 is 0 Å². The smallest absolute Gasteiger partial charge is 0.178 e. The van der Waals surface area contributed by atoms with Gasteiger partial charge in [0.2, 0.25) is 0 Å². The van der Waals surface area contributed by atoms with Gasteiger partial charge in [0.15, 0.2) is 9.84 Å². The van der Waals surface area contributed by atoms with Gasteiger partial charge in [-0.05, 0) is 43.0 Å². The molecule has 4 nitrogen and oxygen atoms in total. The van der Waals surface area contributed by atoms with E-state index >= 15 is 0 Å². The number of benzene rings is 1. The van der Waals surface area contributed by atoms with Crippen LogP contribution in [0.1, 0.15) is 18.9 Å². The first-order valence-corrected chi connectivity index (χ1v) is 7.81. The molecule has 1 unspecified atom stereocenters. The number of rotatable bonds is 7. The molecule has 0 spiro atoms. The van der Waals surface area contributed by atoms with E-state index in [9.17, 15) is 8.42 Å². The minimum absolute atomic E-state index is 0.0960. The third-order valence-electron chi connectivity index (χ3n) is 3.10. The van der Waals surface area contributed by atoms with Gasteiger partial charge in [-0.1, -0.05) is 19.1 Å². The third kappa shape index (κ3) is 4.08. The number of sulfone groups is 1. The minimum atomic E-state index is -3.12. The Hall–Kier alpha value is -0.910. The van der Waals surface area contributed by atoms with Crippen LogP contribution in [-0.2, 0) is 16.3 Å². The van der Waals surface area contributed by atoms with Crippen molar-refractivity contribution in [2.45, 2.75) is 24.7 Å². The normalized spacial score (nSPS) is 13.5. The zero-order valence-electron chi connectivity index (χ0n) is 10.7. The van der Waals surface area contributed by atoms with Crippen molar-refractivity contribution < 1.29 is 13.5 Å². The van der Waals surface area contributed by atoms with Crippen LogP contribution in [0.2, 0.25) is 0 Å². The van der Waals surface area contributed by atoms with E-state index < -0.39 is 9.84 Å². The van der Waals surface area contributed by atoms with Gasteiger partial charge in [-0.15, -0.1) is 0 Å². The summed E-state index contributed by atoms with van der Waals surface area (Å²) in [6.45, 7) is 2.20. The SMILES string of the molecule is CCS(=O)(=O)c1ccc(CCC(CN)CO)cc1. The van der Waals surface area contributed by atoms with Gasteiger partial charge in [0.05, 0.1) is 10.6 Å². The maximum absolute atomic E-state index is 11.6. The molecule has 1 rings (SSSR count). The standard InChI is InChI=1S/C13H21NO3S/c1-2-18(16,17)13-7-5-11(6-8-13)3-4-12(9-14)10-15/h5-8,12,15H,2-4,9-10,14H2,1H3. The van der Waals surface area contributed by atoms with Crippen molar-refractivity contribution in [2.75, 3.05) is 18.9 Å². The first-order chi connectivity index (χ1) is 8.53. The lowest BCUT2D eigenvalue weighted by Crippen LogP contribution is -2.18. The summed E-state index contributed by atoms with van der Waals surface area (Å²) in [5.74, 6) is 0.232. The summed E-state index contributed by atoms with van der Waals surface area (Å²) in [7, 11) is -3.12. The van der Waals surface area contributed by atoms with Crippen LogP contribution in [0.5, 0.6) is 0 Å². The van der Waals surface area contributed by atoms with Crippen molar-refractivity contribution in [3.05, 3.63) is 29.8 Å². The van der Waals surface area contributed by atoms with Gasteiger partial charge in [-0.25, -0.2) is 8.42 Å². The van der Waals surface area contributed by atoms with Crippen LogP contribution in [-0.4, -0.2) is 32.4 Å². The first-order valence-electron chi connectivity index (χ1n) is 6.16. The van der Waals surface area contributed by atoms with E-state index in [0.29, 0.717) is 11.4 Å². The Morgan fingerprint density at radius 3 is 2.33 bits per heavy atom. The molecule has 0 aliphatic heterocycles. The van der Waals surface area contributed by atoms with E-state index in [1.54, 1.807) is 19.1 Å². The van der Waals surface area contributed by atoms with Gasteiger partial charge in [0, 0.05) is 6.61 Å². The monoisotopic (exact) mass is 271 g/mol. The summed E-state index contributed by atoms with van der Waals surface area (Å²) in [5, 5.41) is 9.03. The molecule has 0 saturated heterocycles. The molecule has 0 amide bonds. The van der Waals surface area contributed by atoms with Gasteiger partial charge in [0.1, 0.15) is 0 Å². The predicted octanol–water partition coefficient (Wildman–Crippen LogP) is 0.980. The second kappa shape index (κ2) is 6.87. The Labute approximate surface area is 109 Å². The summed E-state index contributed by atoms with van der Waals surface area (Å²) in [5.41, 5.74) is 6.57. The molecule has 1 aromatic rings. The zero-order valence-corrected chi connectivity index (χ0v) is 11.5. The van der Waals surface area contributed by atoms with Crippen LogP contribution in [0.3, 0.4) is 0 Å². The molecule has 0 saturated carbocycles. The predicted molar refractivity (Wildman–Crippen MR) is 72.1 cm³/mol. The first kappa shape index (κ1) is 15.1. The van der Waals surface area contributed by atoms with Crippen molar-refractivity contribution in [1.82, 2.24) is 0 Å². The number of nitrogens with two attached hydrogens (primary N) is 1. The van der Waals surface area contributed by atoms with E-state index in [1.165, 1.54) is 0 Å². The molecule has 0 bridgehead atoms. The summed E-state index contributed by atoms with van der Waals surface area (Å²) >= 11 is 0. The second-order valence-electron chi connectivity index (χ2n) is 4.37. The summed E-state index contributed by atoms with van der Waals surface area (Å²) in [6.07, 6.45) is 1.61. The maximum Gasteiger partial charge on any atom is 0.178 e. The van der Waals surface area contributed by atoms with Crippen molar-refractivity contribution in [1.29, 1.82) is 0 Å². The molecule has 0 fully saturated rings. The highest BCUT2D eigenvalue weighted by Gasteiger charge is 2.11. The Morgan fingerprint density at radius 2 is 1.89 bits per heavy atom. The number of aryl methyl sites for hydroxylation is 1. The Bertz CT molecular complexity index is 450. The Balaban J connectivity index is 2.67. The fraction of sp³-hybridized carbons (Fsp3) is 0.538. The third-order valence-corrected chi connectivity index (χ3v) is 4.85. The highest BCUT2D eigenvalue weighted by molar-refractivity contribution is 7.91. The molecule has 0 aliphatic rings. The van der Waals surface area contributed by atoms with Gasteiger partial charge in [-0.3, -0.25) is 0 Å². The molecular weight excluding hydrogens is 250 g/mol. The van der Waals surface area contributed by atoms with Crippen LogP contribution in [0, 0.1) is 5.92 Å². The zero-order chi connectivity index (χ0) is 13.6. The topological polar surface area (TPSA) is 80.4 Å². The van der Waals surface area contributed by atoms with Crippen LogP contribution < -0.4 is 5.73 Å². The number of aliphatic hydroxyl groups is 1. The summed E-state index contributed by atoms with van der Waals surface area (Å²) in [6, 6.07) is 6.94. The molecule has 5 heteroatoms. The van der Waals surface area contributed by atoms with Crippen LogP contribution in [0.4, 0.5) is 0 Å². The van der Waals surface area contributed by atoms with E-state index in [-0.39, 0.29) is 18.3 Å². The number of hydrogen-bond donors (Lipinski definition) is 2. The van der Waals surface area contributed by atoms with Gasteiger partial charge in [-0.2, -0.15) is 0 Å². The van der Waals surface area contributed by atoms with E-state index in [4.69, 9.17) is 10.8 Å². The maximum atomic E-state index is 11.6. The largest absolute Gasteiger partial charge is 0.396 e. The molecular formula is C13H21NO3S. The van der Waals surface area contributed by atoms with E-state index in [2.05, 4.69) is 0 Å². The van der Waals surface area contributed by atoms with Crippen LogP contribution in [0.15, 0.2) is 29.2 Å². The molecule has 0 heterocycles. The lowest BCUT2D eigenvalue weighted by molar-refractivity contribution is 0.223. The molecule has 1 atom stereocenters. The quantitative estimate of drug-likeness (QED) is 0.774. The average Bonchev–Trinajstić information content (AvgIpc) is 2.40.